The topological polar surface area (TPSA) is 115 Å². The second-order valence-electron chi connectivity index (χ2n) is 8.02. The molecule has 0 bridgehead atoms. The molecule has 3 aromatic rings. The first-order chi connectivity index (χ1) is 15.6. The lowest BCUT2D eigenvalue weighted by atomic mass is 9.90. The van der Waals surface area contributed by atoms with E-state index in [0.29, 0.717) is 37.3 Å². The van der Waals surface area contributed by atoms with Crippen LogP contribution in [0.3, 0.4) is 0 Å². The maximum atomic E-state index is 13.0. The zero-order valence-electron chi connectivity index (χ0n) is 17.3. The minimum absolute atomic E-state index is 0.0742. The fourth-order valence-electron chi connectivity index (χ4n) is 3.99. The van der Waals surface area contributed by atoms with Gasteiger partial charge in [-0.15, -0.1) is 0 Å². The van der Waals surface area contributed by atoms with E-state index in [1.807, 2.05) is 18.2 Å². The van der Waals surface area contributed by atoms with E-state index in [9.17, 15) is 9.18 Å². The minimum atomic E-state index is -0.799. The predicted octanol–water partition coefficient (Wildman–Crippen LogP) is 2.90. The van der Waals surface area contributed by atoms with E-state index in [-0.39, 0.29) is 17.9 Å². The number of ether oxygens (including phenoxy) is 1. The first-order valence-corrected chi connectivity index (χ1v) is 10.6. The molecule has 0 spiro atoms. The lowest BCUT2D eigenvalue weighted by Crippen LogP contribution is -2.45. The highest BCUT2D eigenvalue weighted by molar-refractivity contribution is 5.94. The third-order valence-electron chi connectivity index (χ3n) is 5.74. The van der Waals surface area contributed by atoms with E-state index in [1.54, 1.807) is 24.5 Å². The maximum Gasteiger partial charge on any atom is 0.251 e. The Bertz CT molecular complexity index is 1160. The van der Waals surface area contributed by atoms with Gasteiger partial charge in [0, 0.05) is 42.5 Å². The first-order valence-electron chi connectivity index (χ1n) is 10.6. The molecule has 32 heavy (non-hydrogen) atoms. The van der Waals surface area contributed by atoms with Gasteiger partial charge in [0.1, 0.15) is 17.7 Å². The number of benzene rings is 1. The molecule has 1 fully saturated rings. The molecule has 3 heterocycles. The molecule has 1 aliphatic heterocycles. The number of alkyl halides is 1. The molecule has 0 saturated heterocycles. The minimum Gasteiger partial charge on any atom is -0.492 e. The van der Waals surface area contributed by atoms with E-state index in [1.165, 1.54) is 0 Å². The van der Waals surface area contributed by atoms with Crippen LogP contribution in [0.4, 0.5) is 16.2 Å². The number of carbonyl (C=O) groups is 1. The number of hydrogen-bond acceptors (Lipinski definition) is 7. The normalized spacial score (nSPS) is 18.9. The summed E-state index contributed by atoms with van der Waals surface area (Å²) < 4.78 is 18.9. The number of fused-ring (bicyclic) bond motifs is 1. The number of anilines is 2. The van der Waals surface area contributed by atoms with E-state index in [2.05, 4.69) is 25.6 Å². The largest absolute Gasteiger partial charge is 0.492 e. The zero-order chi connectivity index (χ0) is 22.1. The van der Waals surface area contributed by atoms with Gasteiger partial charge >= 0.3 is 0 Å². The molecule has 0 unspecified atom stereocenters. The van der Waals surface area contributed by atoms with E-state index >= 15 is 0 Å². The Morgan fingerprint density at radius 2 is 2.12 bits per heavy atom. The SMILES string of the molecule is Nc1nccc(-c2cnc(NCc3cccc(C(=O)N[C@H]4C[C@H](F)C4)c3)c3c2OCC3)n1. The average molecular weight is 434 g/mol. The third-order valence-corrected chi connectivity index (χ3v) is 5.74. The van der Waals surface area contributed by atoms with Gasteiger partial charge in [0.25, 0.3) is 5.91 Å². The molecule has 2 aliphatic rings. The highest BCUT2D eigenvalue weighted by Crippen LogP contribution is 2.39. The van der Waals surface area contributed by atoms with Crippen LogP contribution in [0.1, 0.15) is 34.3 Å². The molecule has 9 heteroatoms. The number of nitrogens with one attached hydrogen (secondary N) is 2. The van der Waals surface area contributed by atoms with Crippen LogP contribution in [0.5, 0.6) is 5.75 Å². The molecular formula is C23H23FN6O2. The Morgan fingerprint density at radius 3 is 2.94 bits per heavy atom. The van der Waals surface area contributed by atoms with Crippen molar-refractivity contribution in [2.24, 2.45) is 0 Å². The van der Waals surface area contributed by atoms with Crippen LogP contribution >= 0.6 is 0 Å². The summed E-state index contributed by atoms with van der Waals surface area (Å²) in [6, 6.07) is 9.08. The van der Waals surface area contributed by atoms with Gasteiger partial charge in [-0.3, -0.25) is 4.79 Å². The highest BCUT2D eigenvalue weighted by Gasteiger charge is 2.30. The number of rotatable bonds is 6. The van der Waals surface area contributed by atoms with Crippen molar-refractivity contribution in [2.75, 3.05) is 17.7 Å². The number of hydrogen-bond donors (Lipinski definition) is 3. The Hall–Kier alpha value is -3.75. The molecule has 164 valence electrons. The summed E-state index contributed by atoms with van der Waals surface area (Å²) in [6.07, 6.45) is 4.04. The third kappa shape index (κ3) is 4.05. The second-order valence-corrected chi connectivity index (χ2v) is 8.02. The smallest absolute Gasteiger partial charge is 0.251 e. The van der Waals surface area contributed by atoms with Crippen LogP contribution in [-0.4, -0.2) is 39.7 Å². The molecule has 1 aromatic carbocycles. The zero-order valence-corrected chi connectivity index (χ0v) is 17.3. The van der Waals surface area contributed by atoms with Gasteiger partial charge in [0.05, 0.1) is 17.9 Å². The number of amides is 1. The standard InChI is InChI=1S/C23H23FN6O2/c24-15-9-16(10-15)29-22(31)14-3-1-2-13(8-14)11-27-21-17-5-7-32-20(17)18(12-28-21)19-4-6-26-23(25)30-19/h1-4,6,8,12,15-16H,5,7,9-11H2,(H,27,28)(H,29,31)(H2,25,26,30)/t15-,16-. The number of carbonyl (C=O) groups excluding carboxylic acids is 1. The van der Waals surface area contributed by atoms with Crippen LogP contribution in [0.15, 0.2) is 42.7 Å². The number of nitrogen functional groups attached to an aromatic ring is 1. The monoisotopic (exact) mass is 434 g/mol. The Kier molecular flexibility index (Phi) is 5.30. The molecule has 2 aromatic heterocycles. The maximum absolute atomic E-state index is 13.0. The van der Waals surface area contributed by atoms with Crippen LogP contribution in [-0.2, 0) is 13.0 Å². The summed E-state index contributed by atoms with van der Waals surface area (Å²) in [5, 5.41) is 6.23. The Morgan fingerprint density at radius 1 is 1.25 bits per heavy atom. The fourth-order valence-corrected chi connectivity index (χ4v) is 3.99. The van der Waals surface area contributed by atoms with Gasteiger partial charge in [-0.05, 0) is 36.6 Å². The van der Waals surface area contributed by atoms with Gasteiger partial charge in [-0.2, -0.15) is 0 Å². The summed E-state index contributed by atoms with van der Waals surface area (Å²) in [5.74, 6) is 1.51. The number of nitrogens with two attached hydrogens (primary N) is 1. The highest BCUT2D eigenvalue weighted by atomic mass is 19.1. The lowest BCUT2D eigenvalue weighted by Gasteiger charge is -2.30. The molecule has 0 radical (unpaired) electrons. The fraction of sp³-hybridized carbons (Fsp3) is 0.304. The van der Waals surface area contributed by atoms with Crippen molar-refractivity contribution < 1.29 is 13.9 Å². The van der Waals surface area contributed by atoms with Crippen LogP contribution in [0, 0.1) is 0 Å². The van der Waals surface area contributed by atoms with Crippen molar-refractivity contribution in [1.82, 2.24) is 20.3 Å². The van der Waals surface area contributed by atoms with Gasteiger partial charge in [0.15, 0.2) is 0 Å². The Balaban J connectivity index is 1.30. The summed E-state index contributed by atoms with van der Waals surface area (Å²) in [7, 11) is 0. The quantitative estimate of drug-likeness (QED) is 0.546. The van der Waals surface area contributed by atoms with Crippen molar-refractivity contribution >= 4 is 17.7 Å². The van der Waals surface area contributed by atoms with Gasteiger partial charge in [0.2, 0.25) is 5.95 Å². The van der Waals surface area contributed by atoms with Crippen molar-refractivity contribution in [3.63, 3.8) is 0 Å². The number of nitrogens with zero attached hydrogens (tertiary/aromatic N) is 3. The first kappa shape index (κ1) is 20.2. The number of pyridine rings is 1. The molecule has 1 aliphatic carbocycles. The van der Waals surface area contributed by atoms with Crippen LogP contribution in [0.25, 0.3) is 11.3 Å². The summed E-state index contributed by atoms with van der Waals surface area (Å²) in [5.41, 5.74) is 9.65. The lowest BCUT2D eigenvalue weighted by molar-refractivity contribution is 0.0860. The Labute approximate surface area is 184 Å². The van der Waals surface area contributed by atoms with Gasteiger partial charge in [-0.1, -0.05) is 12.1 Å². The molecular weight excluding hydrogens is 411 g/mol. The number of aromatic nitrogens is 3. The predicted molar refractivity (Wildman–Crippen MR) is 118 cm³/mol. The van der Waals surface area contributed by atoms with Crippen molar-refractivity contribution in [1.29, 1.82) is 0 Å². The van der Waals surface area contributed by atoms with Crippen molar-refractivity contribution in [2.45, 2.75) is 38.0 Å². The molecule has 0 atom stereocenters. The summed E-state index contributed by atoms with van der Waals surface area (Å²) in [4.78, 5) is 25.2. The molecule has 4 N–H and O–H groups in total. The van der Waals surface area contributed by atoms with Crippen LogP contribution < -0.4 is 21.1 Å². The second kappa shape index (κ2) is 8.41. The average Bonchev–Trinajstić information content (AvgIpc) is 3.27. The van der Waals surface area contributed by atoms with Crippen molar-refractivity contribution in [3.05, 3.63) is 59.4 Å². The van der Waals surface area contributed by atoms with Gasteiger partial charge in [-0.25, -0.2) is 19.3 Å². The number of halogens is 1. The summed E-state index contributed by atoms with van der Waals surface area (Å²) in [6.45, 7) is 1.07. The van der Waals surface area contributed by atoms with Crippen LogP contribution in [0.2, 0.25) is 0 Å². The van der Waals surface area contributed by atoms with Gasteiger partial charge < -0.3 is 21.1 Å². The van der Waals surface area contributed by atoms with Crippen molar-refractivity contribution in [3.8, 4) is 17.0 Å². The van der Waals surface area contributed by atoms with E-state index < -0.39 is 6.17 Å². The molecule has 1 saturated carbocycles. The summed E-state index contributed by atoms with van der Waals surface area (Å²) >= 11 is 0. The molecule has 5 rings (SSSR count). The molecule has 1 amide bonds. The molecule has 8 nitrogen and oxygen atoms in total. The van der Waals surface area contributed by atoms with E-state index in [0.717, 1.165) is 34.7 Å². The van der Waals surface area contributed by atoms with E-state index in [4.69, 9.17) is 10.5 Å².